The van der Waals surface area contributed by atoms with Crippen molar-refractivity contribution < 1.29 is 19.4 Å². The molecule has 3 rings (SSSR count). The van der Waals surface area contributed by atoms with Crippen molar-refractivity contribution in [2.24, 2.45) is 0 Å². The highest BCUT2D eigenvalue weighted by molar-refractivity contribution is 5.86. The first-order chi connectivity index (χ1) is 8.06. The Morgan fingerprint density at radius 1 is 1.29 bits per heavy atom. The Morgan fingerprint density at radius 2 is 2.00 bits per heavy atom. The number of carboxylic acids is 1. The first kappa shape index (κ1) is 10.4. The van der Waals surface area contributed by atoms with Crippen molar-refractivity contribution >= 4 is 5.97 Å². The monoisotopic (exact) mass is 234 g/mol. The number of benzene rings is 1. The summed E-state index contributed by atoms with van der Waals surface area (Å²) in [4.78, 5) is 11.4. The highest BCUT2D eigenvalue weighted by Gasteiger charge is 2.53. The molecule has 0 saturated heterocycles. The van der Waals surface area contributed by atoms with Gasteiger partial charge in [-0.1, -0.05) is 0 Å². The van der Waals surface area contributed by atoms with Crippen molar-refractivity contribution in [1.82, 2.24) is 0 Å². The number of ether oxygens (including phenoxy) is 2. The summed E-state index contributed by atoms with van der Waals surface area (Å²) in [6.07, 6.45) is 1.42. The Bertz CT molecular complexity index is 515. The molecule has 1 N–H and O–H groups in total. The van der Waals surface area contributed by atoms with Crippen molar-refractivity contribution in [1.29, 1.82) is 0 Å². The molecule has 0 bridgehead atoms. The number of aliphatic carboxylic acids is 1. The van der Waals surface area contributed by atoms with Crippen LogP contribution in [-0.2, 0) is 10.2 Å². The van der Waals surface area contributed by atoms with Crippen LogP contribution in [0, 0.1) is 13.8 Å². The summed E-state index contributed by atoms with van der Waals surface area (Å²) in [7, 11) is 0. The molecule has 17 heavy (non-hydrogen) atoms. The summed E-state index contributed by atoms with van der Waals surface area (Å²) < 4.78 is 10.8. The molecule has 0 atom stereocenters. The number of carboxylic acid groups (broad SMARTS) is 1. The summed E-state index contributed by atoms with van der Waals surface area (Å²) in [5, 5.41) is 9.35. The van der Waals surface area contributed by atoms with Crippen LogP contribution in [0.25, 0.3) is 0 Å². The fourth-order valence-electron chi connectivity index (χ4n) is 2.52. The molecule has 4 heteroatoms. The molecule has 4 nitrogen and oxygen atoms in total. The second kappa shape index (κ2) is 3.15. The van der Waals surface area contributed by atoms with Crippen molar-refractivity contribution in [3.8, 4) is 11.5 Å². The van der Waals surface area contributed by atoms with Crippen LogP contribution in [0.15, 0.2) is 6.07 Å². The maximum Gasteiger partial charge on any atom is 0.314 e. The van der Waals surface area contributed by atoms with Crippen LogP contribution < -0.4 is 9.47 Å². The Balaban J connectivity index is 2.19. The molecule has 1 heterocycles. The molecule has 0 radical (unpaired) electrons. The first-order valence-electron chi connectivity index (χ1n) is 5.70. The van der Waals surface area contributed by atoms with Crippen LogP contribution in [0.1, 0.15) is 29.5 Å². The zero-order valence-corrected chi connectivity index (χ0v) is 9.87. The third-order valence-corrected chi connectivity index (χ3v) is 3.90. The average Bonchev–Trinajstić information content (AvgIpc) is 2.97. The number of hydrogen-bond acceptors (Lipinski definition) is 3. The van der Waals surface area contributed by atoms with Gasteiger partial charge in [-0.05, 0) is 49.4 Å². The van der Waals surface area contributed by atoms with Gasteiger partial charge in [0.25, 0.3) is 0 Å². The molecule has 0 aromatic heterocycles. The van der Waals surface area contributed by atoms with Crippen LogP contribution in [0.4, 0.5) is 0 Å². The largest absolute Gasteiger partial charge is 0.481 e. The van der Waals surface area contributed by atoms with Crippen molar-refractivity contribution in [2.45, 2.75) is 32.1 Å². The van der Waals surface area contributed by atoms with Crippen LogP contribution in [0.2, 0.25) is 0 Å². The molecule has 1 aliphatic heterocycles. The van der Waals surface area contributed by atoms with Crippen molar-refractivity contribution in [3.63, 3.8) is 0 Å². The molecule has 1 saturated carbocycles. The van der Waals surface area contributed by atoms with E-state index in [0.717, 1.165) is 22.4 Å². The van der Waals surface area contributed by atoms with Gasteiger partial charge in [0.05, 0.1) is 5.41 Å². The van der Waals surface area contributed by atoms with E-state index in [1.807, 2.05) is 19.9 Å². The fraction of sp³-hybridized carbons (Fsp3) is 0.462. The number of rotatable bonds is 2. The summed E-state index contributed by atoms with van der Waals surface area (Å²) >= 11 is 0. The standard InChI is InChI=1S/C13H14O4/c1-7-8(2)11-10(16-6-17-11)5-9(7)13(3-4-13)12(14)15/h5H,3-4,6H2,1-2H3,(H,14,15). The molecule has 1 aromatic rings. The Hall–Kier alpha value is -1.71. The third-order valence-electron chi connectivity index (χ3n) is 3.90. The second-order valence-electron chi connectivity index (χ2n) is 4.80. The van der Waals surface area contributed by atoms with Gasteiger partial charge in [-0.25, -0.2) is 0 Å². The molecule has 1 fully saturated rings. The topological polar surface area (TPSA) is 55.8 Å². The minimum atomic E-state index is -0.737. The number of hydrogen-bond donors (Lipinski definition) is 1. The summed E-state index contributed by atoms with van der Waals surface area (Å²) in [6.45, 7) is 4.12. The Labute approximate surface area is 99.2 Å². The normalized spacial score (nSPS) is 19.2. The van der Waals surface area contributed by atoms with Gasteiger partial charge in [0, 0.05) is 0 Å². The molecule has 90 valence electrons. The van der Waals surface area contributed by atoms with Gasteiger partial charge in [0.2, 0.25) is 6.79 Å². The van der Waals surface area contributed by atoms with Gasteiger partial charge < -0.3 is 14.6 Å². The number of carbonyl (C=O) groups is 1. The predicted octanol–water partition coefficient (Wildman–Crippen LogP) is 2.15. The smallest absolute Gasteiger partial charge is 0.314 e. The maximum absolute atomic E-state index is 11.4. The Kier molecular flexibility index (Phi) is 1.94. The van der Waals surface area contributed by atoms with Gasteiger partial charge in [-0.15, -0.1) is 0 Å². The van der Waals surface area contributed by atoms with Crippen LogP contribution in [0.5, 0.6) is 11.5 Å². The van der Waals surface area contributed by atoms with E-state index in [2.05, 4.69) is 0 Å². The molecule has 1 aromatic carbocycles. The van der Waals surface area contributed by atoms with Crippen LogP contribution in [0.3, 0.4) is 0 Å². The van der Waals surface area contributed by atoms with E-state index in [0.29, 0.717) is 18.6 Å². The SMILES string of the molecule is Cc1c(C2(C(=O)O)CC2)cc2c(c1C)OCO2. The van der Waals surface area contributed by atoms with E-state index < -0.39 is 11.4 Å². The van der Waals surface area contributed by atoms with E-state index in [1.54, 1.807) is 0 Å². The highest BCUT2D eigenvalue weighted by atomic mass is 16.7. The maximum atomic E-state index is 11.4. The summed E-state index contributed by atoms with van der Waals surface area (Å²) in [5.41, 5.74) is 2.19. The zero-order chi connectivity index (χ0) is 12.2. The number of fused-ring (bicyclic) bond motifs is 1. The lowest BCUT2D eigenvalue weighted by Gasteiger charge is -2.16. The minimum Gasteiger partial charge on any atom is -0.481 e. The lowest BCUT2D eigenvalue weighted by Crippen LogP contribution is -2.21. The summed E-state index contributed by atoms with van der Waals surface area (Å²) in [5.74, 6) is 0.696. The zero-order valence-electron chi connectivity index (χ0n) is 9.87. The lowest BCUT2D eigenvalue weighted by molar-refractivity contribution is -0.140. The van der Waals surface area contributed by atoms with Crippen molar-refractivity contribution in [3.05, 3.63) is 22.8 Å². The molecule has 2 aliphatic rings. The van der Waals surface area contributed by atoms with E-state index in [9.17, 15) is 9.90 Å². The second-order valence-corrected chi connectivity index (χ2v) is 4.80. The molecule has 1 aliphatic carbocycles. The van der Waals surface area contributed by atoms with Gasteiger partial charge in [0.1, 0.15) is 0 Å². The minimum absolute atomic E-state index is 0.221. The van der Waals surface area contributed by atoms with Gasteiger partial charge in [-0.2, -0.15) is 0 Å². The fourth-order valence-corrected chi connectivity index (χ4v) is 2.52. The molecular weight excluding hydrogens is 220 g/mol. The molecular formula is C13H14O4. The lowest BCUT2D eigenvalue weighted by atomic mass is 9.89. The van der Waals surface area contributed by atoms with Crippen LogP contribution in [-0.4, -0.2) is 17.9 Å². The van der Waals surface area contributed by atoms with Gasteiger partial charge in [-0.3, -0.25) is 4.79 Å². The molecule has 0 amide bonds. The quantitative estimate of drug-likeness (QED) is 0.851. The van der Waals surface area contributed by atoms with Crippen LogP contribution >= 0.6 is 0 Å². The van der Waals surface area contributed by atoms with E-state index in [-0.39, 0.29) is 6.79 Å². The Morgan fingerprint density at radius 3 is 2.59 bits per heavy atom. The third kappa shape index (κ3) is 1.27. The van der Waals surface area contributed by atoms with Gasteiger partial charge in [0.15, 0.2) is 11.5 Å². The van der Waals surface area contributed by atoms with Crippen molar-refractivity contribution in [2.75, 3.05) is 6.79 Å². The molecule has 0 spiro atoms. The molecule has 0 unspecified atom stereocenters. The van der Waals surface area contributed by atoms with Gasteiger partial charge >= 0.3 is 5.97 Å². The van der Waals surface area contributed by atoms with E-state index >= 15 is 0 Å². The predicted molar refractivity (Wildman–Crippen MR) is 60.6 cm³/mol. The highest BCUT2D eigenvalue weighted by Crippen LogP contribution is 2.53. The van der Waals surface area contributed by atoms with E-state index in [4.69, 9.17) is 9.47 Å². The first-order valence-corrected chi connectivity index (χ1v) is 5.70. The average molecular weight is 234 g/mol. The van der Waals surface area contributed by atoms with E-state index in [1.165, 1.54) is 0 Å². The summed E-state index contributed by atoms with van der Waals surface area (Å²) in [6, 6.07) is 1.84.